The van der Waals surface area contributed by atoms with Gasteiger partial charge in [0.25, 0.3) is 0 Å². The number of allylic oxidation sites excluding steroid dienone is 2. The average molecular weight is 296 g/mol. The third-order valence-electron chi connectivity index (χ3n) is 4.86. The molecule has 3 atom stereocenters. The van der Waals surface area contributed by atoms with Crippen molar-refractivity contribution in [1.29, 1.82) is 0 Å². The van der Waals surface area contributed by atoms with E-state index in [9.17, 15) is 14.7 Å². The first-order chi connectivity index (χ1) is 9.70. The maximum Gasteiger partial charge on any atom is 0.316 e. The number of hydrogen-bond acceptors (Lipinski definition) is 4. The lowest BCUT2D eigenvalue weighted by Gasteiger charge is -2.31. The number of aliphatic hydroxyl groups is 1. The number of rotatable bonds is 7. The van der Waals surface area contributed by atoms with Crippen molar-refractivity contribution in [3.05, 3.63) is 11.6 Å². The van der Waals surface area contributed by atoms with Crippen LogP contribution in [0.25, 0.3) is 0 Å². The van der Waals surface area contributed by atoms with Crippen molar-refractivity contribution in [3.63, 3.8) is 0 Å². The molecule has 21 heavy (non-hydrogen) atoms. The van der Waals surface area contributed by atoms with Gasteiger partial charge in [0.15, 0.2) is 0 Å². The van der Waals surface area contributed by atoms with Crippen LogP contribution in [0, 0.1) is 17.3 Å². The van der Waals surface area contributed by atoms with E-state index in [0.717, 1.165) is 6.42 Å². The number of esters is 1. The monoisotopic (exact) mass is 296 g/mol. The zero-order valence-electron chi connectivity index (χ0n) is 13.8. The topological polar surface area (TPSA) is 63.6 Å². The van der Waals surface area contributed by atoms with Gasteiger partial charge in [-0.1, -0.05) is 25.5 Å². The second-order valence-electron chi connectivity index (χ2n) is 6.58. The summed E-state index contributed by atoms with van der Waals surface area (Å²) < 4.78 is 4.84. The van der Waals surface area contributed by atoms with Crippen LogP contribution < -0.4 is 0 Å². The van der Waals surface area contributed by atoms with E-state index >= 15 is 0 Å². The van der Waals surface area contributed by atoms with Crippen molar-refractivity contribution in [3.8, 4) is 0 Å². The van der Waals surface area contributed by atoms with Gasteiger partial charge in [0.1, 0.15) is 11.7 Å². The Hall–Kier alpha value is -1.16. The molecule has 0 aromatic heterocycles. The minimum Gasteiger partial charge on any atom is -0.465 e. The molecular weight excluding hydrogens is 268 g/mol. The molecule has 1 N–H and O–H groups in total. The zero-order chi connectivity index (χ0) is 16.2. The van der Waals surface area contributed by atoms with Gasteiger partial charge in [-0.15, -0.1) is 0 Å². The van der Waals surface area contributed by atoms with Crippen LogP contribution in [-0.2, 0) is 14.3 Å². The molecule has 1 aliphatic carbocycles. The molecule has 0 spiro atoms. The van der Waals surface area contributed by atoms with E-state index in [2.05, 4.69) is 26.8 Å². The molecular formula is C17H28O4. The minimum atomic E-state index is -0.795. The van der Waals surface area contributed by atoms with Crippen molar-refractivity contribution in [2.45, 2.75) is 60.0 Å². The minimum absolute atomic E-state index is 0.0195. The molecule has 0 heterocycles. The molecule has 0 saturated heterocycles. The van der Waals surface area contributed by atoms with E-state index < -0.39 is 18.0 Å². The molecule has 0 aromatic carbocycles. The van der Waals surface area contributed by atoms with Crippen LogP contribution in [0.4, 0.5) is 0 Å². The highest BCUT2D eigenvalue weighted by molar-refractivity contribution is 5.98. The van der Waals surface area contributed by atoms with E-state index in [0.29, 0.717) is 12.3 Å². The Morgan fingerprint density at radius 3 is 2.57 bits per heavy atom. The van der Waals surface area contributed by atoms with E-state index in [-0.39, 0.29) is 24.2 Å². The van der Waals surface area contributed by atoms with Gasteiger partial charge in [-0.2, -0.15) is 0 Å². The summed E-state index contributed by atoms with van der Waals surface area (Å²) in [5.41, 5.74) is 1.41. The first kappa shape index (κ1) is 17.9. The van der Waals surface area contributed by atoms with Crippen LogP contribution in [0.1, 0.15) is 53.9 Å². The summed E-state index contributed by atoms with van der Waals surface area (Å²) in [5.74, 6) is -1.20. The van der Waals surface area contributed by atoms with E-state index in [4.69, 9.17) is 4.74 Å². The molecule has 0 amide bonds. The van der Waals surface area contributed by atoms with Gasteiger partial charge in [-0.3, -0.25) is 9.59 Å². The number of ether oxygens (including phenoxy) is 1. The van der Waals surface area contributed by atoms with Crippen molar-refractivity contribution in [2.24, 2.45) is 17.3 Å². The molecule has 0 unspecified atom stereocenters. The van der Waals surface area contributed by atoms with Gasteiger partial charge < -0.3 is 9.84 Å². The Labute approximate surface area is 127 Å². The Kier molecular flexibility index (Phi) is 6.14. The number of carbonyl (C=O) groups excluding carboxylic acids is 2. The molecule has 0 aliphatic heterocycles. The van der Waals surface area contributed by atoms with Crippen molar-refractivity contribution >= 4 is 11.8 Å². The molecule has 0 radical (unpaired) electrons. The van der Waals surface area contributed by atoms with Crippen LogP contribution in [0.15, 0.2) is 11.6 Å². The van der Waals surface area contributed by atoms with Crippen LogP contribution in [0.5, 0.6) is 0 Å². The molecule has 120 valence electrons. The molecule has 0 aromatic rings. The fourth-order valence-electron chi connectivity index (χ4n) is 2.81. The number of carbonyl (C=O) groups is 2. The summed E-state index contributed by atoms with van der Waals surface area (Å²) in [6, 6.07) is 0. The molecule has 4 heteroatoms. The SMILES string of the molecule is CCOC(=O)[C@@H](C)C(=O)C[C@@H](O)C[C@@H]1CC=C(C)C1(C)C. The number of ketones is 1. The molecule has 1 rings (SSSR count). The molecule has 4 nitrogen and oxygen atoms in total. The lowest BCUT2D eigenvalue weighted by atomic mass is 9.75. The highest BCUT2D eigenvalue weighted by Crippen LogP contribution is 2.45. The maximum atomic E-state index is 12.0. The molecule has 0 saturated carbocycles. The van der Waals surface area contributed by atoms with Crippen LogP contribution in [0.3, 0.4) is 0 Å². The average Bonchev–Trinajstić information content (AvgIpc) is 2.64. The highest BCUT2D eigenvalue weighted by Gasteiger charge is 2.36. The maximum absolute atomic E-state index is 12.0. The van der Waals surface area contributed by atoms with Gasteiger partial charge in [0.05, 0.1) is 12.7 Å². The van der Waals surface area contributed by atoms with Gasteiger partial charge in [0, 0.05) is 6.42 Å². The largest absolute Gasteiger partial charge is 0.465 e. The van der Waals surface area contributed by atoms with E-state index in [1.54, 1.807) is 6.92 Å². The Morgan fingerprint density at radius 2 is 2.10 bits per heavy atom. The van der Waals surface area contributed by atoms with Crippen molar-refractivity contribution < 1.29 is 19.4 Å². The third kappa shape index (κ3) is 4.40. The second kappa shape index (κ2) is 7.21. The quantitative estimate of drug-likeness (QED) is 0.446. The Bertz CT molecular complexity index is 423. The second-order valence-corrected chi connectivity index (χ2v) is 6.58. The van der Waals surface area contributed by atoms with Crippen LogP contribution in [-0.4, -0.2) is 29.6 Å². The third-order valence-corrected chi connectivity index (χ3v) is 4.86. The van der Waals surface area contributed by atoms with Crippen molar-refractivity contribution in [2.75, 3.05) is 6.61 Å². The van der Waals surface area contributed by atoms with Gasteiger partial charge in [-0.05, 0) is 44.9 Å². The fourth-order valence-corrected chi connectivity index (χ4v) is 2.81. The highest BCUT2D eigenvalue weighted by atomic mass is 16.5. The Balaban J connectivity index is 2.49. The number of hydrogen-bond donors (Lipinski definition) is 1. The lowest BCUT2D eigenvalue weighted by Crippen LogP contribution is -2.30. The van der Waals surface area contributed by atoms with Gasteiger partial charge in [0.2, 0.25) is 0 Å². The predicted octanol–water partition coefficient (Wildman–Crippen LogP) is 2.89. The summed E-state index contributed by atoms with van der Waals surface area (Å²) in [4.78, 5) is 23.5. The fraction of sp³-hybridized carbons (Fsp3) is 0.765. The van der Waals surface area contributed by atoms with E-state index in [1.807, 2.05) is 0 Å². The van der Waals surface area contributed by atoms with Crippen LogP contribution >= 0.6 is 0 Å². The summed E-state index contributed by atoms with van der Waals surface area (Å²) >= 11 is 0. The van der Waals surface area contributed by atoms with Gasteiger partial charge >= 0.3 is 5.97 Å². The standard InChI is InChI=1S/C17H28O4/c1-6-21-16(20)12(3)15(19)10-14(18)9-13-8-7-11(2)17(13,4)5/h7,12-14,18H,6,8-10H2,1-5H3/t12-,13-,14-/m0/s1. The smallest absolute Gasteiger partial charge is 0.316 e. The molecule has 0 bridgehead atoms. The summed E-state index contributed by atoms with van der Waals surface area (Å²) in [7, 11) is 0. The number of aliphatic hydroxyl groups excluding tert-OH is 1. The number of Topliss-reactive ketones (excluding diaryl/α,β-unsaturated/α-hetero) is 1. The van der Waals surface area contributed by atoms with Crippen molar-refractivity contribution in [1.82, 2.24) is 0 Å². The normalized spacial score (nSPS) is 23.3. The first-order valence-corrected chi connectivity index (χ1v) is 7.74. The van der Waals surface area contributed by atoms with E-state index in [1.165, 1.54) is 12.5 Å². The zero-order valence-corrected chi connectivity index (χ0v) is 13.8. The van der Waals surface area contributed by atoms with Crippen LogP contribution in [0.2, 0.25) is 0 Å². The lowest BCUT2D eigenvalue weighted by molar-refractivity contribution is -0.151. The predicted molar refractivity (Wildman–Crippen MR) is 81.7 cm³/mol. The molecule has 1 aliphatic rings. The van der Waals surface area contributed by atoms with Gasteiger partial charge in [-0.25, -0.2) is 0 Å². The summed E-state index contributed by atoms with van der Waals surface area (Å²) in [5, 5.41) is 10.2. The Morgan fingerprint density at radius 1 is 1.48 bits per heavy atom. The molecule has 0 fully saturated rings. The summed E-state index contributed by atoms with van der Waals surface area (Å²) in [6.07, 6.45) is 3.06. The first-order valence-electron chi connectivity index (χ1n) is 7.74. The summed E-state index contributed by atoms with van der Waals surface area (Å²) in [6.45, 7) is 9.97.